The predicted octanol–water partition coefficient (Wildman–Crippen LogP) is 4.62. The summed E-state index contributed by atoms with van der Waals surface area (Å²) in [6.07, 6.45) is 1.73. The van der Waals surface area contributed by atoms with E-state index in [1.807, 2.05) is 49.4 Å². The van der Waals surface area contributed by atoms with Crippen LogP contribution >= 0.6 is 11.8 Å². The summed E-state index contributed by atoms with van der Waals surface area (Å²) in [5, 5.41) is 12.4. The molecule has 1 unspecified atom stereocenters. The number of nitrogens with one attached hydrogen (secondary N) is 1. The van der Waals surface area contributed by atoms with Crippen molar-refractivity contribution in [3.8, 4) is 11.4 Å². The Hall–Kier alpha value is -3.39. The summed E-state index contributed by atoms with van der Waals surface area (Å²) in [6.45, 7) is 8.33. The quantitative estimate of drug-likeness (QED) is 0.343. The molecule has 2 aromatic carbocycles. The fourth-order valence-electron chi connectivity index (χ4n) is 3.33. The first kappa shape index (κ1) is 21.8. The zero-order valence-corrected chi connectivity index (χ0v) is 19.4. The molecule has 32 heavy (non-hydrogen) atoms. The summed E-state index contributed by atoms with van der Waals surface area (Å²) in [5.74, 6) is 6.67. The fourth-order valence-corrected chi connectivity index (χ4v) is 4.10. The summed E-state index contributed by atoms with van der Waals surface area (Å²) in [5.41, 5.74) is 3.73. The van der Waals surface area contributed by atoms with Gasteiger partial charge in [0.1, 0.15) is 0 Å². The molecule has 2 heterocycles. The molecule has 2 aromatic heterocycles. The van der Waals surface area contributed by atoms with Crippen molar-refractivity contribution >= 4 is 34.3 Å². The van der Waals surface area contributed by atoms with Crippen LogP contribution in [0, 0.1) is 0 Å². The van der Waals surface area contributed by atoms with Gasteiger partial charge in [-0.3, -0.25) is 9.78 Å². The summed E-state index contributed by atoms with van der Waals surface area (Å²) in [7, 11) is 0. The number of nitrogen functional groups attached to an aromatic ring is 1. The van der Waals surface area contributed by atoms with Gasteiger partial charge in [-0.15, -0.1) is 10.2 Å². The molecule has 7 nitrogen and oxygen atoms in total. The third kappa shape index (κ3) is 4.45. The van der Waals surface area contributed by atoms with Crippen LogP contribution in [0.3, 0.4) is 0 Å². The van der Waals surface area contributed by atoms with Crippen molar-refractivity contribution in [2.45, 2.75) is 43.5 Å². The molecule has 8 heteroatoms. The maximum absolute atomic E-state index is 12.8. The maximum atomic E-state index is 12.8. The number of pyridine rings is 1. The van der Waals surface area contributed by atoms with E-state index in [4.69, 9.17) is 5.84 Å². The molecule has 0 bridgehead atoms. The van der Waals surface area contributed by atoms with Crippen molar-refractivity contribution < 1.29 is 4.79 Å². The lowest BCUT2D eigenvalue weighted by molar-refractivity contribution is -0.115. The average Bonchev–Trinajstić information content (AvgIpc) is 3.13. The van der Waals surface area contributed by atoms with Crippen LogP contribution in [-0.4, -0.2) is 31.0 Å². The van der Waals surface area contributed by atoms with E-state index in [2.05, 4.69) is 53.4 Å². The number of nitrogens with zero attached hydrogens (tertiary/aromatic N) is 4. The number of aromatic nitrogens is 4. The highest BCUT2D eigenvalue weighted by Gasteiger charge is 2.21. The smallest absolute Gasteiger partial charge is 0.237 e. The minimum absolute atomic E-state index is 0.0683. The molecule has 0 fully saturated rings. The highest BCUT2D eigenvalue weighted by molar-refractivity contribution is 8.00. The van der Waals surface area contributed by atoms with E-state index >= 15 is 0 Å². The topological polar surface area (TPSA) is 98.7 Å². The molecule has 0 saturated carbocycles. The predicted molar refractivity (Wildman–Crippen MR) is 130 cm³/mol. The molecular weight excluding hydrogens is 420 g/mol. The molecule has 1 atom stereocenters. The number of nitrogens with two attached hydrogens (primary N) is 1. The molecule has 1 amide bonds. The van der Waals surface area contributed by atoms with Crippen LogP contribution in [0.4, 0.5) is 5.69 Å². The maximum Gasteiger partial charge on any atom is 0.237 e. The SMILES string of the molecule is CC(Sc1nnc(-c2ccc(C(C)(C)C)cc2)n1N)C(=O)Nc1cccc2ncccc12. The van der Waals surface area contributed by atoms with Crippen molar-refractivity contribution in [1.29, 1.82) is 0 Å². The number of carbonyl (C=O) groups excluding carboxylic acids is 1. The molecule has 3 N–H and O–H groups in total. The van der Waals surface area contributed by atoms with E-state index in [1.54, 1.807) is 6.20 Å². The first-order valence-corrected chi connectivity index (χ1v) is 11.2. The molecular formula is C24H26N6OS. The van der Waals surface area contributed by atoms with Gasteiger partial charge in [0.25, 0.3) is 0 Å². The second kappa shape index (κ2) is 8.63. The van der Waals surface area contributed by atoms with E-state index < -0.39 is 5.25 Å². The fraction of sp³-hybridized carbons (Fsp3) is 0.250. The lowest BCUT2D eigenvalue weighted by atomic mass is 9.87. The summed E-state index contributed by atoms with van der Waals surface area (Å²) >= 11 is 1.26. The highest BCUT2D eigenvalue weighted by Crippen LogP contribution is 2.29. The largest absolute Gasteiger partial charge is 0.335 e. The van der Waals surface area contributed by atoms with Crippen molar-refractivity contribution in [3.63, 3.8) is 0 Å². The van der Waals surface area contributed by atoms with Crippen molar-refractivity contribution in [3.05, 3.63) is 66.4 Å². The third-order valence-electron chi connectivity index (χ3n) is 5.23. The lowest BCUT2D eigenvalue weighted by Gasteiger charge is -2.19. The Labute approximate surface area is 191 Å². The number of hydrogen-bond donors (Lipinski definition) is 2. The molecule has 0 aliphatic rings. The second-order valence-corrected chi connectivity index (χ2v) is 9.94. The van der Waals surface area contributed by atoms with Gasteiger partial charge >= 0.3 is 0 Å². The van der Waals surface area contributed by atoms with Gasteiger partial charge < -0.3 is 11.2 Å². The Kier molecular flexibility index (Phi) is 5.88. The average molecular weight is 447 g/mol. The molecule has 0 aliphatic heterocycles. The van der Waals surface area contributed by atoms with Crippen LogP contribution in [0.25, 0.3) is 22.3 Å². The Balaban J connectivity index is 1.48. The number of thioether (sulfide) groups is 1. The van der Waals surface area contributed by atoms with Gasteiger partial charge in [0.05, 0.1) is 16.5 Å². The van der Waals surface area contributed by atoms with Gasteiger partial charge in [-0.1, -0.05) is 62.9 Å². The number of benzene rings is 2. The van der Waals surface area contributed by atoms with E-state index in [9.17, 15) is 4.79 Å². The standard InChI is InChI=1S/C24H26N6OS/c1-15(22(31)27-20-9-5-8-19-18(20)7-6-14-26-19)32-23-29-28-21(30(23)25)16-10-12-17(13-11-16)24(2,3)4/h5-15H,25H2,1-4H3,(H,27,31). The van der Waals surface area contributed by atoms with Crippen LogP contribution in [-0.2, 0) is 10.2 Å². The van der Waals surface area contributed by atoms with E-state index in [0.29, 0.717) is 11.0 Å². The van der Waals surface area contributed by atoms with Gasteiger partial charge in [0.2, 0.25) is 11.1 Å². The molecule has 0 spiro atoms. The van der Waals surface area contributed by atoms with Gasteiger partial charge in [-0.2, -0.15) is 0 Å². The molecule has 164 valence electrons. The van der Waals surface area contributed by atoms with E-state index in [1.165, 1.54) is 22.0 Å². The zero-order valence-electron chi connectivity index (χ0n) is 18.5. The first-order valence-electron chi connectivity index (χ1n) is 10.4. The molecule has 4 rings (SSSR count). The summed E-state index contributed by atoms with van der Waals surface area (Å²) < 4.78 is 1.43. The molecule has 0 radical (unpaired) electrons. The van der Waals surface area contributed by atoms with Crippen LogP contribution in [0.15, 0.2) is 66.0 Å². The van der Waals surface area contributed by atoms with E-state index in [-0.39, 0.29) is 11.3 Å². The van der Waals surface area contributed by atoms with Crippen molar-refractivity contribution in [2.75, 3.05) is 11.2 Å². The second-order valence-electron chi connectivity index (χ2n) is 8.63. The number of anilines is 1. The monoisotopic (exact) mass is 446 g/mol. The van der Waals surface area contributed by atoms with Gasteiger partial charge in [0.15, 0.2) is 5.82 Å². The normalized spacial score (nSPS) is 12.6. The number of carbonyl (C=O) groups is 1. The molecule has 4 aromatic rings. The number of amides is 1. The van der Waals surface area contributed by atoms with Gasteiger partial charge in [-0.25, -0.2) is 4.68 Å². The van der Waals surface area contributed by atoms with Crippen LogP contribution in [0.5, 0.6) is 0 Å². The number of fused-ring (bicyclic) bond motifs is 1. The summed E-state index contributed by atoms with van der Waals surface area (Å²) in [6, 6.07) is 17.6. The summed E-state index contributed by atoms with van der Waals surface area (Å²) in [4.78, 5) is 17.2. The highest BCUT2D eigenvalue weighted by atomic mass is 32.2. The third-order valence-corrected chi connectivity index (χ3v) is 6.29. The molecule has 0 saturated heterocycles. The van der Waals surface area contributed by atoms with Crippen LogP contribution < -0.4 is 11.2 Å². The van der Waals surface area contributed by atoms with Crippen LogP contribution in [0.1, 0.15) is 33.3 Å². The Morgan fingerprint density at radius 1 is 1.06 bits per heavy atom. The molecule has 0 aliphatic carbocycles. The number of hydrogen-bond acceptors (Lipinski definition) is 6. The van der Waals surface area contributed by atoms with Crippen LogP contribution in [0.2, 0.25) is 0 Å². The van der Waals surface area contributed by atoms with Gasteiger partial charge in [-0.05, 0) is 42.2 Å². The zero-order chi connectivity index (χ0) is 22.9. The van der Waals surface area contributed by atoms with Crippen molar-refractivity contribution in [2.24, 2.45) is 0 Å². The Bertz CT molecular complexity index is 1250. The minimum Gasteiger partial charge on any atom is -0.335 e. The first-order chi connectivity index (χ1) is 15.2. The Morgan fingerprint density at radius 2 is 1.81 bits per heavy atom. The Morgan fingerprint density at radius 3 is 2.53 bits per heavy atom. The number of rotatable bonds is 5. The van der Waals surface area contributed by atoms with Crippen molar-refractivity contribution in [1.82, 2.24) is 19.9 Å². The van der Waals surface area contributed by atoms with E-state index in [0.717, 1.165) is 22.2 Å². The lowest BCUT2D eigenvalue weighted by Crippen LogP contribution is -2.23. The minimum atomic E-state index is -0.426. The van der Waals surface area contributed by atoms with Gasteiger partial charge in [0, 0.05) is 17.1 Å².